The number of hydrogen-bond acceptors (Lipinski definition) is 7. The third-order valence-corrected chi connectivity index (χ3v) is 9.13. The standard InChI is InChI=1S/C36H41FN10.BrH/c1-28-41-42-35-34(38-15-16-47(28)35)45-21-23-46(24-22-45)36(39-25-29-11-13-32(37)14-12-29)40-26-30-7-5-6-8-31(30)27-43-17-19-44(20-18-43)33-9-3-2-4-10-33;/h2-16H,17-27H2,1H3,(H,39,40);1H. The molecule has 2 fully saturated rings. The summed E-state index contributed by atoms with van der Waals surface area (Å²) in [4.78, 5) is 19.3. The fraction of sp³-hybridized carbons (Fsp3) is 0.333. The molecule has 7 rings (SSSR count). The molecule has 0 unspecified atom stereocenters. The first kappa shape index (κ1) is 33.4. The molecule has 1 N–H and O–H groups in total. The molecule has 250 valence electrons. The second-order valence-electron chi connectivity index (χ2n) is 12.2. The maximum absolute atomic E-state index is 13.6. The number of rotatable bonds is 8. The van der Waals surface area contributed by atoms with E-state index in [9.17, 15) is 4.39 Å². The minimum absolute atomic E-state index is 0. The second kappa shape index (κ2) is 15.6. The average molecular weight is 714 g/mol. The Labute approximate surface area is 291 Å². The summed E-state index contributed by atoms with van der Waals surface area (Å²) in [6.45, 7) is 11.2. The van der Waals surface area contributed by atoms with Crippen LogP contribution in [0.4, 0.5) is 15.9 Å². The lowest BCUT2D eigenvalue weighted by atomic mass is 10.1. The highest BCUT2D eigenvalue weighted by Crippen LogP contribution is 2.21. The molecule has 3 aromatic carbocycles. The molecule has 0 atom stereocenters. The molecule has 0 saturated carbocycles. The van der Waals surface area contributed by atoms with Crippen molar-refractivity contribution in [2.75, 3.05) is 62.2 Å². The van der Waals surface area contributed by atoms with Gasteiger partial charge in [-0.3, -0.25) is 9.30 Å². The van der Waals surface area contributed by atoms with E-state index in [1.807, 2.05) is 23.7 Å². The van der Waals surface area contributed by atoms with E-state index < -0.39 is 0 Å². The van der Waals surface area contributed by atoms with Crippen molar-refractivity contribution in [3.8, 4) is 0 Å². The molecule has 5 aromatic rings. The maximum Gasteiger partial charge on any atom is 0.203 e. The van der Waals surface area contributed by atoms with Gasteiger partial charge < -0.3 is 20.0 Å². The number of benzene rings is 3. The highest BCUT2D eigenvalue weighted by atomic mass is 79.9. The van der Waals surface area contributed by atoms with Crippen LogP contribution in [0.3, 0.4) is 0 Å². The lowest BCUT2D eigenvalue weighted by Gasteiger charge is -2.37. The van der Waals surface area contributed by atoms with Crippen LogP contribution in [-0.4, -0.2) is 87.7 Å². The zero-order valence-corrected chi connectivity index (χ0v) is 29.0. The highest BCUT2D eigenvalue weighted by Gasteiger charge is 2.24. The van der Waals surface area contributed by atoms with E-state index >= 15 is 0 Å². The molecular weight excluding hydrogens is 671 g/mol. The number of aryl methyl sites for hydroxylation is 1. The summed E-state index contributed by atoms with van der Waals surface area (Å²) < 4.78 is 15.6. The summed E-state index contributed by atoms with van der Waals surface area (Å²) >= 11 is 0. The van der Waals surface area contributed by atoms with E-state index in [1.54, 1.807) is 12.1 Å². The van der Waals surface area contributed by atoms with Crippen molar-refractivity contribution in [3.63, 3.8) is 0 Å². The second-order valence-corrected chi connectivity index (χ2v) is 12.2. The van der Waals surface area contributed by atoms with Gasteiger partial charge in [0.15, 0.2) is 11.8 Å². The maximum atomic E-state index is 13.6. The van der Waals surface area contributed by atoms with Gasteiger partial charge in [0, 0.05) is 83.5 Å². The molecule has 2 saturated heterocycles. The number of fused-ring (bicyclic) bond motifs is 1. The number of nitrogens with one attached hydrogen (secondary N) is 1. The van der Waals surface area contributed by atoms with E-state index in [0.29, 0.717) is 13.1 Å². The zero-order valence-electron chi connectivity index (χ0n) is 27.2. The van der Waals surface area contributed by atoms with Crippen LogP contribution in [0.5, 0.6) is 0 Å². The lowest BCUT2D eigenvalue weighted by molar-refractivity contribution is 0.249. The van der Waals surface area contributed by atoms with Crippen LogP contribution in [0.15, 0.2) is 96.2 Å². The van der Waals surface area contributed by atoms with Gasteiger partial charge in [0.05, 0.1) is 6.54 Å². The Kier molecular flexibility index (Phi) is 10.8. The Balaban J connectivity index is 0.00000401. The Morgan fingerprint density at radius 2 is 1.48 bits per heavy atom. The number of nitrogens with zero attached hydrogens (tertiary/aromatic N) is 9. The number of aromatic nitrogens is 4. The summed E-state index contributed by atoms with van der Waals surface area (Å²) in [5.41, 5.74) is 5.65. The van der Waals surface area contributed by atoms with E-state index in [-0.39, 0.29) is 22.8 Å². The minimum atomic E-state index is -0.239. The van der Waals surface area contributed by atoms with Gasteiger partial charge in [-0.2, -0.15) is 0 Å². The first-order valence-electron chi connectivity index (χ1n) is 16.4. The van der Waals surface area contributed by atoms with Crippen LogP contribution >= 0.6 is 17.0 Å². The number of halogens is 2. The van der Waals surface area contributed by atoms with Crippen LogP contribution in [-0.2, 0) is 19.6 Å². The van der Waals surface area contributed by atoms with E-state index in [2.05, 4.69) is 94.7 Å². The van der Waals surface area contributed by atoms with Gasteiger partial charge in [0.25, 0.3) is 0 Å². The first-order chi connectivity index (χ1) is 23.1. The Morgan fingerprint density at radius 3 is 2.23 bits per heavy atom. The molecule has 0 aliphatic carbocycles. The van der Waals surface area contributed by atoms with E-state index in [1.165, 1.54) is 28.9 Å². The fourth-order valence-electron chi connectivity index (χ4n) is 6.41. The van der Waals surface area contributed by atoms with Gasteiger partial charge in [0.2, 0.25) is 5.65 Å². The van der Waals surface area contributed by atoms with Gasteiger partial charge >= 0.3 is 0 Å². The van der Waals surface area contributed by atoms with E-state index in [4.69, 9.17) is 4.99 Å². The molecule has 12 heteroatoms. The number of guanidine groups is 1. The van der Waals surface area contributed by atoms with Gasteiger partial charge in [-0.1, -0.05) is 54.6 Å². The monoisotopic (exact) mass is 712 g/mol. The van der Waals surface area contributed by atoms with Gasteiger partial charge in [-0.25, -0.2) is 14.4 Å². The molecule has 2 aromatic heterocycles. The summed E-state index contributed by atoms with van der Waals surface area (Å²) in [7, 11) is 0. The number of anilines is 2. The normalized spacial score (nSPS) is 15.9. The largest absolute Gasteiger partial charge is 0.369 e. The zero-order chi connectivity index (χ0) is 32.0. The SMILES string of the molecule is Br.Cc1nnc2c(N3CCN(C(=NCc4ccc(F)cc4)NCc4ccccc4CN4CCN(c5ccccc5)CC4)CC3)nccn12. The number of para-hydroxylation sites is 1. The third-order valence-electron chi connectivity index (χ3n) is 9.13. The first-order valence-corrected chi connectivity index (χ1v) is 16.4. The molecule has 0 bridgehead atoms. The molecule has 0 amide bonds. The molecule has 4 heterocycles. The number of hydrogen-bond donors (Lipinski definition) is 1. The third kappa shape index (κ3) is 7.77. The van der Waals surface area contributed by atoms with Crippen LogP contribution < -0.4 is 15.1 Å². The number of piperazine rings is 2. The summed E-state index contributed by atoms with van der Waals surface area (Å²) in [6.07, 6.45) is 3.71. The van der Waals surface area contributed by atoms with E-state index in [0.717, 1.165) is 87.7 Å². The fourth-order valence-corrected chi connectivity index (χ4v) is 6.41. The lowest BCUT2D eigenvalue weighted by Crippen LogP contribution is -2.52. The Morgan fingerprint density at radius 1 is 0.792 bits per heavy atom. The van der Waals surface area contributed by atoms with Gasteiger partial charge in [-0.05, 0) is 47.9 Å². The summed E-state index contributed by atoms with van der Waals surface area (Å²) in [6, 6.07) is 26.0. The molecule has 2 aliphatic rings. The van der Waals surface area contributed by atoms with Crippen LogP contribution in [0.1, 0.15) is 22.5 Å². The van der Waals surface area contributed by atoms with Crippen molar-refractivity contribution in [2.24, 2.45) is 4.99 Å². The predicted molar refractivity (Wildman–Crippen MR) is 194 cm³/mol. The van der Waals surface area contributed by atoms with Crippen molar-refractivity contribution < 1.29 is 4.39 Å². The molecule has 2 aliphatic heterocycles. The smallest absolute Gasteiger partial charge is 0.203 e. The summed E-state index contributed by atoms with van der Waals surface area (Å²) in [5.74, 6) is 2.31. The van der Waals surface area contributed by atoms with Crippen LogP contribution in [0.2, 0.25) is 0 Å². The minimum Gasteiger partial charge on any atom is -0.369 e. The quantitative estimate of drug-likeness (QED) is 0.179. The molecular formula is C36H42BrFN10. The van der Waals surface area contributed by atoms with Gasteiger partial charge in [0.1, 0.15) is 11.6 Å². The topological polar surface area (TPSA) is 80.4 Å². The Bertz CT molecular complexity index is 1800. The number of aliphatic imine (C=N–C) groups is 1. The van der Waals surface area contributed by atoms with Crippen molar-refractivity contribution in [1.82, 2.24) is 34.7 Å². The Hall–Kier alpha value is -4.55. The van der Waals surface area contributed by atoms with Crippen molar-refractivity contribution in [1.29, 1.82) is 0 Å². The molecule has 48 heavy (non-hydrogen) atoms. The predicted octanol–water partition coefficient (Wildman–Crippen LogP) is 4.94. The van der Waals surface area contributed by atoms with Crippen molar-refractivity contribution in [3.05, 3.63) is 120 Å². The molecule has 0 radical (unpaired) electrons. The molecule has 0 spiro atoms. The van der Waals surface area contributed by atoms with Crippen LogP contribution in [0, 0.1) is 12.7 Å². The van der Waals surface area contributed by atoms with Crippen molar-refractivity contribution in [2.45, 2.75) is 26.6 Å². The van der Waals surface area contributed by atoms with Crippen molar-refractivity contribution >= 4 is 40.1 Å². The highest BCUT2D eigenvalue weighted by molar-refractivity contribution is 8.93. The van der Waals surface area contributed by atoms with Gasteiger partial charge in [-0.15, -0.1) is 27.2 Å². The van der Waals surface area contributed by atoms with Crippen LogP contribution in [0.25, 0.3) is 5.65 Å². The average Bonchev–Trinajstić information content (AvgIpc) is 3.51. The summed E-state index contributed by atoms with van der Waals surface area (Å²) in [5, 5.41) is 12.3. The molecule has 10 nitrogen and oxygen atoms in total.